The fourth-order valence-corrected chi connectivity index (χ4v) is 3.16. The predicted molar refractivity (Wildman–Crippen MR) is 75.3 cm³/mol. The van der Waals surface area contributed by atoms with E-state index in [1.165, 1.54) is 5.56 Å². The number of benzene rings is 1. The summed E-state index contributed by atoms with van der Waals surface area (Å²) >= 11 is 3.31. The van der Waals surface area contributed by atoms with Gasteiger partial charge in [-0.15, -0.1) is 11.3 Å². The van der Waals surface area contributed by atoms with Crippen LogP contribution in [0, 0.1) is 0 Å². The van der Waals surface area contributed by atoms with Gasteiger partial charge in [0.2, 0.25) is 0 Å². The van der Waals surface area contributed by atoms with Crippen molar-refractivity contribution in [3.05, 3.63) is 46.5 Å². The van der Waals surface area contributed by atoms with Gasteiger partial charge in [-0.1, -0.05) is 12.1 Å². The number of nitrogen functional groups attached to an aromatic ring is 1. The normalized spacial score (nSPS) is 10.6. The molecule has 0 aliphatic rings. The third-order valence-electron chi connectivity index (χ3n) is 2.51. The second-order valence-corrected chi connectivity index (χ2v) is 5.28. The van der Waals surface area contributed by atoms with Crippen molar-refractivity contribution in [3.8, 4) is 21.8 Å². The van der Waals surface area contributed by atoms with Gasteiger partial charge in [0.1, 0.15) is 5.01 Å². The fourth-order valence-electron chi connectivity index (χ4n) is 1.63. The van der Waals surface area contributed by atoms with E-state index in [9.17, 15) is 0 Å². The molecule has 4 heteroatoms. The smallest absolute Gasteiger partial charge is 0.126 e. The summed E-state index contributed by atoms with van der Waals surface area (Å²) in [5.74, 6) is 0. The first-order valence-electron chi connectivity index (χ1n) is 5.17. The lowest BCUT2D eigenvalue weighted by molar-refractivity contribution is 1.41. The number of nitrogens with two attached hydrogens (primary N) is 1. The SMILES string of the molecule is Nc1ccccc1-c1nc(-c2ccsc2)cs1. The van der Waals surface area contributed by atoms with E-state index in [2.05, 4.69) is 27.2 Å². The van der Waals surface area contributed by atoms with Gasteiger partial charge in [0, 0.05) is 27.6 Å². The lowest BCUT2D eigenvalue weighted by Crippen LogP contribution is -1.88. The molecule has 2 N–H and O–H groups in total. The Morgan fingerprint density at radius 3 is 2.71 bits per heavy atom. The molecule has 0 saturated carbocycles. The topological polar surface area (TPSA) is 38.9 Å². The van der Waals surface area contributed by atoms with Gasteiger partial charge in [0.05, 0.1) is 5.69 Å². The minimum absolute atomic E-state index is 0.777. The molecule has 84 valence electrons. The van der Waals surface area contributed by atoms with Crippen LogP contribution in [-0.4, -0.2) is 4.98 Å². The Kier molecular flexibility index (Phi) is 2.66. The number of aromatic nitrogens is 1. The number of hydrogen-bond donors (Lipinski definition) is 1. The number of anilines is 1. The van der Waals surface area contributed by atoms with Crippen LogP contribution < -0.4 is 5.73 Å². The van der Waals surface area contributed by atoms with Crippen molar-refractivity contribution in [2.75, 3.05) is 5.73 Å². The summed E-state index contributed by atoms with van der Waals surface area (Å²) < 4.78 is 0. The first-order chi connectivity index (χ1) is 8.34. The number of para-hydroxylation sites is 1. The third kappa shape index (κ3) is 1.97. The van der Waals surface area contributed by atoms with Crippen LogP contribution in [0.15, 0.2) is 46.5 Å². The molecule has 3 rings (SSSR count). The van der Waals surface area contributed by atoms with Crippen LogP contribution in [-0.2, 0) is 0 Å². The molecule has 17 heavy (non-hydrogen) atoms. The quantitative estimate of drug-likeness (QED) is 0.702. The lowest BCUT2D eigenvalue weighted by Gasteiger charge is -2.00. The zero-order chi connectivity index (χ0) is 11.7. The van der Waals surface area contributed by atoms with Gasteiger partial charge in [-0.3, -0.25) is 0 Å². The summed E-state index contributed by atoms with van der Waals surface area (Å²) in [6, 6.07) is 9.91. The summed E-state index contributed by atoms with van der Waals surface area (Å²) in [6.07, 6.45) is 0. The molecule has 0 saturated heterocycles. The molecule has 0 radical (unpaired) electrons. The van der Waals surface area contributed by atoms with Crippen molar-refractivity contribution in [3.63, 3.8) is 0 Å². The number of thiazole rings is 1. The molecule has 0 spiro atoms. The van der Waals surface area contributed by atoms with Crippen LogP contribution in [0.2, 0.25) is 0 Å². The Hall–Kier alpha value is -1.65. The van der Waals surface area contributed by atoms with Gasteiger partial charge in [-0.25, -0.2) is 4.98 Å². The third-order valence-corrected chi connectivity index (χ3v) is 4.07. The van der Waals surface area contributed by atoms with E-state index in [0.29, 0.717) is 0 Å². The molecular formula is C13H10N2S2. The van der Waals surface area contributed by atoms with E-state index in [1.807, 2.05) is 24.3 Å². The monoisotopic (exact) mass is 258 g/mol. The van der Waals surface area contributed by atoms with Crippen molar-refractivity contribution in [2.24, 2.45) is 0 Å². The molecule has 0 amide bonds. The van der Waals surface area contributed by atoms with E-state index in [-0.39, 0.29) is 0 Å². The zero-order valence-corrected chi connectivity index (χ0v) is 10.6. The lowest BCUT2D eigenvalue weighted by atomic mass is 10.2. The maximum absolute atomic E-state index is 5.95. The molecule has 0 atom stereocenters. The molecule has 0 aliphatic carbocycles. The van der Waals surface area contributed by atoms with Gasteiger partial charge < -0.3 is 5.73 Å². The summed E-state index contributed by atoms with van der Waals surface area (Å²) in [4.78, 5) is 4.63. The zero-order valence-electron chi connectivity index (χ0n) is 8.96. The van der Waals surface area contributed by atoms with E-state index < -0.39 is 0 Å². The molecule has 2 aromatic heterocycles. The fraction of sp³-hybridized carbons (Fsp3) is 0. The summed E-state index contributed by atoms with van der Waals surface area (Å²) in [5, 5.41) is 7.21. The van der Waals surface area contributed by atoms with Gasteiger partial charge in [0.25, 0.3) is 0 Å². The molecule has 3 aromatic rings. The minimum atomic E-state index is 0.777. The molecule has 0 fully saturated rings. The van der Waals surface area contributed by atoms with Crippen molar-refractivity contribution >= 4 is 28.4 Å². The van der Waals surface area contributed by atoms with Crippen molar-refractivity contribution < 1.29 is 0 Å². The molecule has 0 bridgehead atoms. The van der Waals surface area contributed by atoms with E-state index >= 15 is 0 Å². The Morgan fingerprint density at radius 2 is 1.94 bits per heavy atom. The summed E-state index contributed by atoms with van der Waals surface area (Å²) in [6.45, 7) is 0. The number of nitrogens with zero attached hydrogens (tertiary/aromatic N) is 1. The van der Waals surface area contributed by atoms with Crippen LogP contribution in [0.1, 0.15) is 0 Å². The summed E-state index contributed by atoms with van der Waals surface area (Å²) in [5.41, 5.74) is 9.93. The highest BCUT2D eigenvalue weighted by molar-refractivity contribution is 7.13. The average Bonchev–Trinajstić information content (AvgIpc) is 3.00. The minimum Gasteiger partial charge on any atom is -0.398 e. The standard InChI is InChI=1S/C13H10N2S2/c14-11-4-2-1-3-10(11)13-15-12(8-17-13)9-5-6-16-7-9/h1-8H,14H2. The van der Waals surface area contributed by atoms with Crippen molar-refractivity contribution in [1.82, 2.24) is 4.98 Å². The van der Waals surface area contributed by atoms with Crippen LogP contribution in [0.25, 0.3) is 21.8 Å². The molecule has 0 aliphatic heterocycles. The van der Waals surface area contributed by atoms with Gasteiger partial charge in [0.15, 0.2) is 0 Å². The molecule has 1 aromatic carbocycles. The maximum atomic E-state index is 5.95. The summed E-state index contributed by atoms with van der Waals surface area (Å²) in [7, 11) is 0. The van der Waals surface area contributed by atoms with Crippen LogP contribution in [0.3, 0.4) is 0 Å². The van der Waals surface area contributed by atoms with Crippen molar-refractivity contribution in [1.29, 1.82) is 0 Å². The Balaban J connectivity index is 2.04. The van der Waals surface area contributed by atoms with E-state index in [0.717, 1.165) is 22.0 Å². The highest BCUT2D eigenvalue weighted by Gasteiger charge is 2.08. The average molecular weight is 258 g/mol. The van der Waals surface area contributed by atoms with Crippen LogP contribution in [0.5, 0.6) is 0 Å². The number of thiophene rings is 1. The van der Waals surface area contributed by atoms with Crippen molar-refractivity contribution in [2.45, 2.75) is 0 Å². The first kappa shape index (κ1) is 10.5. The van der Waals surface area contributed by atoms with E-state index in [1.54, 1.807) is 22.7 Å². The molecule has 2 heterocycles. The highest BCUT2D eigenvalue weighted by Crippen LogP contribution is 2.32. The Labute approximate surface area is 107 Å². The Morgan fingerprint density at radius 1 is 1.06 bits per heavy atom. The second-order valence-electron chi connectivity index (χ2n) is 3.64. The molecule has 2 nitrogen and oxygen atoms in total. The van der Waals surface area contributed by atoms with Gasteiger partial charge in [-0.2, -0.15) is 11.3 Å². The van der Waals surface area contributed by atoms with Gasteiger partial charge >= 0.3 is 0 Å². The molecule has 0 unspecified atom stereocenters. The number of hydrogen-bond acceptors (Lipinski definition) is 4. The van der Waals surface area contributed by atoms with Crippen LogP contribution >= 0.6 is 22.7 Å². The second kappa shape index (κ2) is 4.31. The highest BCUT2D eigenvalue weighted by atomic mass is 32.1. The van der Waals surface area contributed by atoms with Gasteiger partial charge in [-0.05, 0) is 23.6 Å². The predicted octanol–water partition coefficient (Wildman–Crippen LogP) is 4.12. The maximum Gasteiger partial charge on any atom is 0.126 e. The first-order valence-corrected chi connectivity index (χ1v) is 7.00. The molecular weight excluding hydrogens is 248 g/mol. The Bertz CT molecular complexity index is 626. The van der Waals surface area contributed by atoms with Crippen LogP contribution in [0.4, 0.5) is 5.69 Å². The largest absolute Gasteiger partial charge is 0.398 e. The van der Waals surface area contributed by atoms with E-state index in [4.69, 9.17) is 5.73 Å². The number of rotatable bonds is 2.